The fourth-order valence-corrected chi connectivity index (χ4v) is 2.80. The molecule has 0 radical (unpaired) electrons. The first-order valence-electron chi connectivity index (χ1n) is 6.68. The first-order valence-corrected chi connectivity index (χ1v) is 6.68. The van der Waals surface area contributed by atoms with Crippen LogP contribution in [0.15, 0.2) is 30.6 Å². The molecule has 5 nitrogen and oxygen atoms in total. The van der Waals surface area contributed by atoms with Gasteiger partial charge in [0.15, 0.2) is 0 Å². The number of aromatic nitrogens is 3. The summed E-state index contributed by atoms with van der Waals surface area (Å²) in [6.45, 7) is 4.80. The van der Waals surface area contributed by atoms with E-state index >= 15 is 0 Å². The summed E-state index contributed by atoms with van der Waals surface area (Å²) in [6, 6.07) is 7.82. The molecule has 5 heteroatoms. The van der Waals surface area contributed by atoms with Gasteiger partial charge in [0.05, 0.1) is 6.54 Å². The third-order valence-electron chi connectivity index (χ3n) is 3.79. The molecule has 1 aliphatic heterocycles. The number of benzene rings is 1. The molecule has 0 bridgehead atoms. The molecule has 1 N–H and O–H groups in total. The minimum Gasteiger partial charge on any atom is -0.508 e. The molecule has 3 rings (SSSR count). The molecule has 100 valence electrons. The number of rotatable bonds is 3. The normalized spacial score (nSPS) is 17.1. The maximum absolute atomic E-state index is 10.0. The molecular formula is C14H18N4O. The number of phenols is 1. The van der Waals surface area contributed by atoms with Gasteiger partial charge in [0.2, 0.25) is 0 Å². The van der Waals surface area contributed by atoms with Crippen molar-refractivity contribution < 1.29 is 5.11 Å². The lowest BCUT2D eigenvalue weighted by atomic mass is 10.0. The van der Waals surface area contributed by atoms with E-state index in [4.69, 9.17) is 0 Å². The Morgan fingerprint density at radius 2 is 2.16 bits per heavy atom. The van der Waals surface area contributed by atoms with Gasteiger partial charge in [-0.1, -0.05) is 25.1 Å². The second kappa shape index (κ2) is 5.01. The number of para-hydroxylation sites is 1. The van der Waals surface area contributed by atoms with Crippen LogP contribution < -0.4 is 0 Å². The van der Waals surface area contributed by atoms with Gasteiger partial charge in [0.1, 0.15) is 17.9 Å². The summed E-state index contributed by atoms with van der Waals surface area (Å²) in [7, 11) is 0. The van der Waals surface area contributed by atoms with Gasteiger partial charge in [-0.15, -0.1) is 10.2 Å². The van der Waals surface area contributed by atoms with E-state index in [9.17, 15) is 5.11 Å². The van der Waals surface area contributed by atoms with Crippen molar-refractivity contribution in [1.82, 2.24) is 19.7 Å². The Balaban J connectivity index is 1.86. The van der Waals surface area contributed by atoms with E-state index in [1.807, 2.05) is 18.2 Å². The second-order valence-electron chi connectivity index (χ2n) is 4.89. The quantitative estimate of drug-likeness (QED) is 0.914. The highest BCUT2D eigenvalue weighted by atomic mass is 16.3. The van der Waals surface area contributed by atoms with Crippen molar-refractivity contribution in [2.75, 3.05) is 6.54 Å². The summed E-state index contributed by atoms with van der Waals surface area (Å²) >= 11 is 0. The van der Waals surface area contributed by atoms with Crippen LogP contribution in [0, 0.1) is 0 Å². The Kier molecular flexibility index (Phi) is 3.21. The van der Waals surface area contributed by atoms with Crippen LogP contribution in [-0.2, 0) is 13.1 Å². The summed E-state index contributed by atoms with van der Waals surface area (Å²) < 4.78 is 2.09. The maximum Gasteiger partial charge on any atom is 0.147 e. The molecule has 0 spiro atoms. The first-order chi connectivity index (χ1) is 9.29. The number of fused-ring (bicyclic) bond motifs is 1. The lowest BCUT2D eigenvalue weighted by Gasteiger charge is -2.34. The lowest BCUT2D eigenvalue weighted by molar-refractivity contribution is 0.146. The van der Waals surface area contributed by atoms with Crippen LogP contribution in [0.4, 0.5) is 0 Å². The van der Waals surface area contributed by atoms with Crippen molar-refractivity contribution in [3.05, 3.63) is 42.0 Å². The summed E-state index contributed by atoms with van der Waals surface area (Å²) in [4.78, 5) is 2.36. The number of aromatic hydroxyl groups is 1. The van der Waals surface area contributed by atoms with Crippen molar-refractivity contribution >= 4 is 0 Å². The zero-order valence-electron chi connectivity index (χ0n) is 11.0. The van der Waals surface area contributed by atoms with E-state index in [1.165, 1.54) is 0 Å². The predicted octanol–water partition coefficient (Wildman–Crippen LogP) is 1.95. The van der Waals surface area contributed by atoms with E-state index in [-0.39, 0.29) is 6.04 Å². The van der Waals surface area contributed by atoms with Gasteiger partial charge in [-0.25, -0.2) is 0 Å². The lowest BCUT2D eigenvalue weighted by Crippen LogP contribution is -2.36. The molecule has 1 aromatic heterocycles. The fourth-order valence-electron chi connectivity index (χ4n) is 2.80. The fraction of sp³-hybridized carbons (Fsp3) is 0.429. The highest BCUT2D eigenvalue weighted by Crippen LogP contribution is 2.32. The molecule has 1 atom stereocenters. The van der Waals surface area contributed by atoms with Crippen LogP contribution in [0.25, 0.3) is 0 Å². The Labute approximate surface area is 112 Å². The molecule has 0 fully saturated rings. The number of hydrogen-bond donors (Lipinski definition) is 1. The monoisotopic (exact) mass is 258 g/mol. The predicted molar refractivity (Wildman–Crippen MR) is 71.6 cm³/mol. The van der Waals surface area contributed by atoms with Gasteiger partial charge in [-0.05, 0) is 12.5 Å². The highest BCUT2D eigenvalue weighted by Gasteiger charge is 2.25. The Bertz CT molecular complexity index is 566. The molecule has 0 aliphatic carbocycles. The largest absolute Gasteiger partial charge is 0.508 e. The van der Waals surface area contributed by atoms with E-state index in [2.05, 4.69) is 26.6 Å². The molecule has 1 aromatic carbocycles. The van der Waals surface area contributed by atoms with Gasteiger partial charge in [0.25, 0.3) is 0 Å². The van der Waals surface area contributed by atoms with Crippen LogP contribution in [0.2, 0.25) is 0 Å². The number of phenolic OH excluding ortho intramolecular Hbond substituents is 1. The average molecular weight is 258 g/mol. The molecule has 0 saturated carbocycles. The zero-order chi connectivity index (χ0) is 13.2. The van der Waals surface area contributed by atoms with E-state index in [0.29, 0.717) is 5.75 Å². The topological polar surface area (TPSA) is 54.2 Å². The van der Waals surface area contributed by atoms with Crippen LogP contribution in [0.3, 0.4) is 0 Å². The van der Waals surface area contributed by atoms with Crippen LogP contribution in [-0.4, -0.2) is 31.3 Å². The zero-order valence-corrected chi connectivity index (χ0v) is 11.0. The highest BCUT2D eigenvalue weighted by molar-refractivity contribution is 5.34. The van der Waals surface area contributed by atoms with E-state index in [0.717, 1.165) is 37.4 Å². The molecule has 0 amide bonds. The van der Waals surface area contributed by atoms with Crippen molar-refractivity contribution in [3.63, 3.8) is 0 Å². The molecule has 2 aromatic rings. The van der Waals surface area contributed by atoms with Crippen molar-refractivity contribution in [2.24, 2.45) is 0 Å². The molecule has 0 saturated heterocycles. The standard InChI is InChI=1S/C14H18N4O/c1-2-12(11-5-3-4-6-13(11)19)17-7-8-18-10-15-16-14(18)9-17/h3-6,10,12,19H,2,7-9H2,1H3. The third-order valence-corrected chi connectivity index (χ3v) is 3.79. The number of hydrogen-bond acceptors (Lipinski definition) is 4. The molecule has 2 heterocycles. The molecule has 1 unspecified atom stereocenters. The Morgan fingerprint density at radius 1 is 1.32 bits per heavy atom. The maximum atomic E-state index is 10.0. The summed E-state index contributed by atoms with van der Waals surface area (Å²) in [5.41, 5.74) is 0.998. The van der Waals surface area contributed by atoms with Crippen molar-refractivity contribution in [2.45, 2.75) is 32.5 Å². The van der Waals surface area contributed by atoms with Gasteiger partial charge in [-0.2, -0.15) is 0 Å². The second-order valence-corrected chi connectivity index (χ2v) is 4.89. The molecule has 1 aliphatic rings. The van der Waals surface area contributed by atoms with Crippen molar-refractivity contribution in [1.29, 1.82) is 0 Å². The average Bonchev–Trinajstić information content (AvgIpc) is 2.89. The Morgan fingerprint density at radius 3 is 2.95 bits per heavy atom. The van der Waals surface area contributed by atoms with Gasteiger partial charge < -0.3 is 9.67 Å². The minimum atomic E-state index is 0.228. The van der Waals surface area contributed by atoms with Crippen molar-refractivity contribution in [3.8, 4) is 5.75 Å². The Hall–Kier alpha value is -1.88. The van der Waals surface area contributed by atoms with Gasteiger partial charge >= 0.3 is 0 Å². The molecule has 19 heavy (non-hydrogen) atoms. The van der Waals surface area contributed by atoms with Crippen LogP contribution >= 0.6 is 0 Å². The van der Waals surface area contributed by atoms with Gasteiger partial charge in [-0.3, -0.25) is 4.90 Å². The smallest absolute Gasteiger partial charge is 0.147 e. The van der Waals surface area contributed by atoms with Gasteiger partial charge in [0, 0.05) is 24.7 Å². The summed E-state index contributed by atoms with van der Waals surface area (Å²) in [6.07, 6.45) is 2.75. The first kappa shape index (κ1) is 12.2. The van der Waals surface area contributed by atoms with Crippen LogP contribution in [0.1, 0.15) is 30.8 Å². The minimum absolute atomic E-state index is 0.228. The molecular weight excluding hydrogens is 240 g/mol. The SMILES string of the molecule is CCC(c1ccccc1O)N1CCn2cnnc2C1. The van der Waals surface area contributed by atoms with E-state index in [1.54, 1.807) is 12.4 Å². The number of nitrogens with zero attached hydrogens (tertiary/aromatic N) is 4. The third kappa shape index (κ3) is 2.21. The summed E-state index contributed by atoms with van der Waals surface area (Å²) in [5, 5.41) is 18.1. The van der Waals surface area contributed by atoms with Crippen LogP contribution in [0.5, 0.6) is 5.75 Å². The van der Waals surface area contributed by atoms with E-state index < -0.39 is 0 Å². The summed E-state index contributed by atoms with van der Waals surface area (Å²) in [5.74, 6) is 1.38.